The van der Waals surface area contributed by atoms with E-state index in [4.69, 9.17) is 16.3 Å². The van der Waals surface area contributed by atoms with E-state index >= 15 is 0 Å². The van der Waals surface area contributed by atoms with E-state index in [1.165, 1.54) is 18.2 Å². The van der Waals surface area contributed by atoms with Gasteiger partial charge in [0.15, 0.2) is 0 Å². The summed E-state index contributed by atoms with van der Waals surface area (Å²) in [7, 11) is 0. The lowest BCUT2D eigenvalue weighted by Gasteiger charge is -2.17. The number of nitrogens with zero attached hydrogens (tertiary/aromatic N) is 1. The number of nitrogens with one attached hydrogen (secondary N) is 1. The Morgan fingerprint density at radius 3 is 2.95 bits per heavy atom. The van der Waals surface area contributed by atoms with E-state index in [0.717, 1.165) is 25.9 Å². The minimum absolute atomic E-state index is 0.0328. The first kappa shape index (κ1) is 15.7. The topological polar surface area (TPSA) is 81.5 Å². The monoisotopic (exact) mass is 312 g/mol. The van der Waals surface area contributed by atoms with Gasteiger partial charge in [0.1, 0.15) is 5.02 Å². The molecule has 1 aromatic carbocycles. The Bertz CT molecular complexity index is 544. The molecule has 1 heterocycles. The van der Waals surface area contributed by atoms with Crippen molar-refractivity contribution in [2.24, 2.45) is 0 Å². The fourth-order valence-electron chi connectivity index (χ4n) is 2.39. The Labute approximate surface area is 127 Å². The standard InChI is InChI=1S/C14H17ClN2O4/c1-9(7-11-3-2-6-21-11)16-14(18)10-4-5-13(17(19)20)12(15)8-10/h4-5,8-9,11H,2-3,6-7H2,1H3,(H,16,18)/t9-,11-/m1/s1. The summed E-state index contributed by atoms with van der Waals surface area (Å²) in [4.78, 5) is 22.2. The maximum absolute atomic E-state index is 12.1. The SMILES string of the molecule is C[C@H](C[C@H]1CCCO1)NC(=O)c1ccc([N+](=O)[O-])c(Cl)c1. The van der Waals surface area contributed by atoms with Gasteiger partial charge >= 0.3 is 0 Å². The van der Waals surface area contributed by atoms with Crippen LogP contribution in [-0.2, 0) is 4.74 Å². The highest BCUT2D eigenvalue weighted by atomic mass is 35.5. The number of ether oxygens (including phenoxy) is 1. The van der Waals surface area contributed by atoms with Crippen molar-refractivity contribution >= 4 is 23.2 Å². The summed E-state index contributed by atoms with van der Waals surface area (Å²) in [5.74, 6) is -0.294. The third-order valence-corrected chi connectivity index (χ3v) is 3.73. The molecule has 1 saturated heterocycles. The molecule has 2 rings (SSSR count). The molecule has 6 nitrogen and oxygen atoms in total. The molecule has 0 saturated carbocycles. The van der Waals surface area contributed by atoms with Gasteiger partial charge in [-0.2, -0.15) is 0 Å². The molecule has 1 fully saturated rings. The van der Waals surface area contributed by atoms with Crippen molar-refractivity contribution in [1.29, 1.82) is 0 Å². The van der Waals surface area contributed by atoms with E-state index < -0.39 is 4.92 Å². The van der Waals surface area contributed by atoms with E-state index in [0.29, 0.717) is 5.56 Å². The zero-order valence-electron chi connectivity index (χ0n) is 11.7. The van der Waals surface area contributed by atoms with Crippen molar-refractivity contribution in [3.05, 3.63) is 38.9 Å². The van der Waals surface area contributed by atoms with Crippen molar-refractivity contribution < 1.29 is 14.5 Å². The molecule has 2 atom stereocenters. The second-order valence-corrected chi connectivity index (χ2v) is 5.58. The number of rotatable bonds is 5. The molecule has 0 unspecified atom stereocenters. The van der Waals surface area contributed by atoms with Gasteiger partial charge < -0.3 is 10.1 Å². The van der Waals surface area contributed by atoms with Crippen LogP contribution >= 0.6 is 11.6 Å². The molecule has 7 heteroatoms. The van der Waals surface area contributed by atoms with E-state index in [9.17, 15) is 14.9 Å². The maximum Gasteiger partial charge on any atom is 0.287 e. The van der Waals surface area contributed by atoms with Crippen LogP contribution in [0.3, 0.4) is 0 Å². The Morgan fingerprint density at radius 1 is 1.62 bits per heavy atom. The lowest BCUT2D eigenvalue weighted by Crippen LogP contribution is -2.35. The molecular weight excluding hydrogens is 296 g/mol. The molecule has 0 aliphatic carbocycles. The number of carbonyl (C=O) groups is 1. The summed E-state index contributed by atoms with van der Waals surface area (Å²) in [6.45, 7) is 2.69. The number of nitro benzene ring substituents is 1. The van der Waals surface area contributed by atoms with Gasteiger partial charge in [-0.1, -0.05) is 11.6 Å². The highest BCUT2D eigenvalue weighted by molar-refractivity contribution is 6.33. The quantitative estimate of drug-likeness (QED) is 0.669. The number of benzene rings is 1. The van der Waals surface area contributed by atoms with E-state index in [1.807, 2.05) is 6.92 Å². The Morgan fingerprint density at radius 2 is 2.38 bits per heavy atom. The van der Waals surface area contributed by atoms with Gasteiger partial charge in [0.2, 0.25) is 0 Å². The molecule has 0 radical (unpaired) electrons. The normalized spacial score (nSPS) is 19.2. The molecule has 1 aliphatic heterocycles. The van der Waals surface area contributed by atoms with Crippen LogP contribution in [0.5, 0.6) is 0 Å². The summed E-state index contributed by atoms with van der Waals surface area (Å²) < 4.78 is 5.52. The van der Waals surface area contributed by atoms with Crippen molar-refractivity contribution in [2.45, 2.75) is 38.3 Å². The van der Waals surface area contributed by atoms with Crippen LogP contribution in [-0.4, -0.2) is 29.6 Å². The molecule has 21 heavy (non-hydrogen) atoms. The van der Waals surface area contributed by atoms with Crippen LogP contribution in [0.2, 0.25) is 5.02 Å². The van der Waals surface area contributed by atoms with Crippen LogP contribution in [0.1, 0.15) is 36.5 Å². The molecule has 1 aromatic rings. The summed E-state index contributed by atoms with van der Waals surface area (Å²) in [6, 6.07) is 3.92. The molecular formula is C14H17ClN2O4. The average Bonchev–Trinajstić information content (AvgIpc) is 2.90. The molecule has 0 bridgehead atoms. The minimum Gasteiger partial charge on any atom is -0.378 e. The number of carbonyl (C=O) groups excluding carboxylic acids is 1. The van der Waals surface area contributed by atoms with Crippen molar-refractivity contribution in [3.8, 4) is 0 Å². The first-order valence-corrected chi connectivity index (χ1v) is 7.21. The van der Waals surface area contributed by atoms with Crippen LogP contribution < -0.4 is 5.32 Å². The molecule has 1 N–H and O–H groups in total. The van der Waals surface area contributed by atoms with Gasteiger partial charge in [-0.25, -0.2) is 0 Å². The highest BCUT2D eigenvalue weighted by Gasteiger charge is 2.21. The van der Waals surface area contributed by atoms with Crippen molar-refractivity contribution in [2.75, 3.05) is 6.61 Å². The highest BCUT2D eigenvalue weighted by Crippen LogP contribution is 2.25. The smallest absolute Gasteiger partial charge is 0.287 e. The summed E-state index contributed by atoms with van der Waals surface area (Å²) >= 11 is 5.80. The number of amides is 1. The predicted octanol–water partition coefficient (Wildman–Crippen LogP) is 2.94. The van der Waals surface area contributed by atoms with Crippen LogP contribution in [0, 0.1) is 10.1 Å². The van der Waals surface area contributed by atoms with Crippen LogP contribution in [0.4, 0.5) is 5.69 Å². The maximum atomic E-state index is 12.1. The molecule has 114 valence electrons. The van der Waals surface area contributed by atoms with E-state index in [2.05, 4.69) is 5.32 Å². The Kier molecular flexibility index (Phi) is 5.14. The lowest BCUT2D eigenvalue weighted by atomic mass is 10.1. The first-order valence-electron chi connectivity index (χ1n) is 6.84. The summed E-state index contributed by atoms with van der Waals surface area (Å²) in [5, 5.41) is 13.5. The number of hydrogen-bond donors (Lipinski definition) is 1. The van der Waals surface area contributed by atoms with Gasteiger partial charge in [0.25, 0.3) is 11.6 Å². The van der Waals surface area contributed by atoms with Gasteiger partial charge in [0.05, 0.1) is 11.0 Å². The van der Waals surface area contributed by atoms with Crippen molar-refractivity contribution in [1.82, 2.24) is 5.32 Å². The number of nitro groups is 1. The third kappa shape index (κ3) is 4.15. The molecule has 0 spiro atoms. The summed E-state index contributed by atoms with van der Waals surface area (Å²) in [6.07, 6.45) is 3.03. The molecule has 1 aliphatic rings. The van der Waals surface area contributed by atoms with E-state index in [1.54, 1.807) is 0 Å². The van der Waals surface area contributed by atoms with E-state index in [-0.39, 0.29) is 28.8 Å². The van der Waals surface area contributed by atoms with Gasteiger partial charge in [-0.3, -0.25) is 14.9 Å². The minimum atomic E-state index is -0.579. The largest absolute Gasteiger partial charge is 0.378 e. The Hall–Kier alpha value is -1.66. The molecule has 1 amide bonds. The van der Waals surface area contributed by atoms with Crippen LogP contribution in [0.15, 0.2) is 18.2 Å². The van der Waals surface area contributed by atoms with Gasteiger partial charge in [-0.15, -0.1) is 0 Å². The fourth-order valence-corrected chi connectivity index (χ4v) is 2.64. The Balaban J connectivity index is 1.96. The number of hydrogen-bond acceptors (Lipinski definition) is 4. The summed E-state index contributed by atoms with van der Waals surface area (Å²) in [5.41, 5.74) is 0.102. The zero-order chi connectivity index (χ0) is 15.4. The number of halogens is 1. The second-order valence-electron chi connectivity index (χ2n) is 5.17. The van der Waals surface area contributed by atoms with Crippen LogP contribution in [0.25, 0.3) is 0 Å². The first-order chi connectivity index (χ1) is 9.97. The average molecular weight is 313 g/mol. The molecule has 0 aromatic heterocycles. The fraction of sp³-hybridized carbons (Fsp3) is 0.500. The van der Waals surface area contributed by atoms with Gasteiger partial charge in [0, 0.05) is 24.3 Å². The lowest BCUT2D eigenvalue weighted by molar-refractivity contribution is -0.384. The van der Waals surface area contributed by atoms with Crippen molar-refractivity contribution in [3.63, 3.8) is 0 Å². The predicted molar refractivity (Wildman–Crippen MR) is 78.6 cm³/mol. The second kappa shape index (κ2) is 6.87. The van der Waals surface area contributed by atoms with Gasteiger partial charge in [-0.05, 0) is 38.3 Å². The zero-order valence-corrected chi connectivity index (χ0v) is 12.4. The third-order valence-electron chi connectivity index (χ3n) is 3.42.